The zero-order valence-electron chi connectivity index (χ0n) is 16.7. The molecule has 0 saturated carbocycles. The number of anilines is 2. The van der Waals surface area contributed by atoms with Crippen LogP contribution < -0.4 is 10.2 Å². The number of para-hydroxylation sites is 2. The monoisotopic (exact) mass is 410 g/mol. The lowest BCUT2D eigenvalue weighted by Crippen LogP contribution is -2.53. The summed E-state index contributed by atoms with van der Waals surface area (Å²) in [5.41, 5.74) is 0.865. The normalized spacial score (nSPS) is 15.9. The Morgan fingerprint density at radius 3 is 2.67 bits per heavy atom. The van der Waals surface area contributed by atoms with Crippen LogP contribution in [0.1, 0.15) is 6.92 Å². The summed E-state index contributed by atoms with van der Waals surface area (Å²) < 4.78 is 1.71. The van der Waals surface area contributed by atoms with Crippen LogP contribution in [-0.4, -0.2) is 67.7 Å². The number of hydrogen-bond acceptors (Lipinski definition) is 8. The van der Waals surface area contributed by atoms with Crippen molar-refractivity contribution in [2.45, 2.75) is 13.0 Å². The summed E-state index contributed by atoms with van der Waals surface area (Å²) in [5, 5.41) is 19.0. The Morgan fingerprint density at radius 2 is 1.93 bits per heavy atom. The molecule has 1 fully saturated rings. The van der Waals surface area contributed by atoms with Crippen molar-refractivity contribution >= 4 is 34.1 Å². The predicted octanol–water partition coefficient (Wildman–Crippen LogP) is 1.42. The first kappa shape index (κ1) is 19.7. The number of nitrogens with zero attached hydrogens (tertiary/aromatic N) is 7. The van der Waals surface area contributed by atoms with Gasteiger partial charge in [0.1, 0.15) is 17.8 Å². The summed E-state index contributed by atoms with van der Waals surface area (Å²) >= 11 is 0. The van der Waals surface area contributed by atoms with Crippen molar-refractivity contribution < 1.29 is 9.72 Å². The number of rotatable bonds is 5. The molecule has 2 aromatic heterocycles. The van der Waals surface area contributed by atoms with Gasteiger partial charge in [0, 0.05) is 39.3 Å². The minimum Gasteiger partial charge on any atom is -0.353 e. The molecule has 11 nitrogen and oxygen atoms in total. The second-order valence-corrected chi connectivity index (χ2v) is 7.17. The average molecular weight is 410 g/mol. The van der Waals surface area contributed by atoms with Crippen molar-refractivity contribution in [1.29, 1.82) is 0 Å². The predicted molar refractivity (Wildman–Crippen MR) is 111 cm³/mol. The van der Waals surface area contributed by atoms with Gasteiger partial charge in [-0.2, -0.15) is 5.10 Å². The van der Waals surface area contributed by atoms with Gasteiger partial charge in [-0.25, -0.2) is 9.97 Å². The first-order chi connectivity index (χ1) is 14.5. The van der Waals surface area contributed by atoms with E-state index >= 15 is 0 Å². The summed E-state index contributed by atoms with van der Waals surface area (Å²) in [6.45, 7) is 4.53. The molecule has 0 radical (unpaired) electrons. The Balaban J connectivity index is 1.41. The van der Waals surface area contributed by atoms with Crippen LogP contribution >= 0.6 is 0 Å². The van der Waals surface area contributed by atoms with Gasteiger partial charge in [-0.05, 0) is 13.0 Å². The number of nitro groups is 1. The highest BCUT2D eigenvalue weighted by Crippen LogP contribution is 2.25. The fourth-order valence-electron chi connectivity index (χ4n) is 3.66. The van der Waals surface area contributed by atoms with Crippen LogP contribution in [0.5, 0.6) is 0 Å². The van der Waals surface area contributed by atoms with E-state index in [1.165, 1.54) is 18.5 Å². The second kappa shape index (κ2) is 8.03. The van der Waals surface area contributed by atoms with Crippen LogP contribution in [0.4, 0.5) is 17.2 Å². The number of fused-ring (bicyclic) bond motifs is 1. The lowest BCUT2D eigenvalue weighted by Gasteiger charge is -2.38. The molecule has 0 aliphatic carbocycles. The Kier molecular flexibility index (Phi) is 5.27. The molecule has 1 atom stereocenters. The maximum atomic E-state index is 12.7. The Bertz CT molecular complexity index is 1090. The van der Waals surface area contributed by atoms with Gasteiger partial charge in [-0.15, -0.1) is 0 Å². The molecule has 1 N–H and O–H groups in total. The molecule has 1 saturated heterocycles. The van der Waals surface area contributed by atoms with Crippen molar-refractivity contribution in [3.8, 4) is 0 Å². The van der Waals surface area contributed by atoms with Crippen LogP contribution in [0.15, 0.2) is 36.8 Å². The first-order valence-electron chi connectivity index (χ1n) is 9.61. The number of hydrogen-bond donors (Lipinski definition) is 1. The van der Waals surface area contributed by atoms with Gasteiger partial charge in [0.2, 0.25) is 5.91 Å². The van der Waals surface area contributed by atoms with Gasteiger partial charge >= 0.3 is 0 Å². The van der Waals surface area contributed by atoms with Gasteiger partial charge in [0.15, 0.2) is 5.65 Å². The highest BCUT2D eigenvalue weighted by Gasteiger charge is 2.28. The minimum atomic E-state index is -0.500. The summed E-state index contributed by atoms with van der Waals surface area (Å²) in [7, 11) is 1.84. The topological polar surface area (TPSA) is 122 Å². The standard InChI is InChI=1S/C19H22N8O3/c1-13(19(28)23-15-5-3-4-6-16(15)27(29)30)25-7-9-26(10-8-25)18-14-11-22-24(2)17(14)20-12-21-18/h3-6,11-13H,7-10H2,1-2H3,(H,23,28). The van der Waals surface area contributed by atoms with Gasteiger partial charge < -0.3 is 10.2 Å². The van der Waals surface area contributed by atoms with Crippen molar-refractivity contribution in [1.82, 2.24) is 24.6 Å². The van der Waals surface area contributed by atoms with E-state index in [0.717, 1.165) is 16.9 Å². The maximum absolute atomic E-state index is 12.7. The summed E-state index contributed by atoms with van der Waals surface area (Å²) in [6, 6.07) is 5.72. The smallest absolute Gasteiger partial charge is 0.292 e. The third-order valence-electron chi connectivity index (χ3n) is 5.41. The number of carbonyl (C=O) groups is 1. The largest absolute Gasteiger partial charge is 0.353 e. The first-order valence-corrected chi connectivity index (χ1v) is 9.61. The molecular formula is C19H22N8O3. The molecule has 1 aliphatic heterocycles. The molecule has 1 unspecified atom stereocenters. The van der Waals surface area contributed by atoms with Crippen LogP contribution in [0, 0.1) is 10.1 Å². The second-order valence-electron chi connectivity index (χ2n) is 7.17. The molecular weight excluding hydrogens is 388 g/mol. The van der Waals surface area contributed by atoms with Crippen LogP contribution in [0.25, 0.3) is 11.0 Å². The Morgan fingerprint density at radius 1 is 1.20 bits per heavy atom. The Labute approximate surface area is 172 Å². The molecule has 30 heavy (non-hydrogen) atoms. The van der Waals surface area contributed by atoms with Gasteiger partial charge in [-0.1, -0.05) is 12.1 Å². The van der Waals surface area contributed by atoms with E-state index in [4.69, 9.17) is 0 Å². The van der Waals surface area contributed by atoms with E-state index < -0.39 is 11.0 Å². The maximum Gasteiger partial charge on any atom is 0.292 e. The quantitative estimate of drug-likeness (QED) is 0.495. The minimum absolute atomic E-state index is 0.118. The zero-order valence-corrected chi connectivity index (χ0v) is 16.7. The van der Waals surface area contributed by atoms with Gasteiger partial charge in [0.05, 0.1) is 22.5 Å². The Hall–Kier alpha value is -3.60. The number of benzene rings is 1. The van der Waals surface area contributed by atoms with Crippen molar-refractivity contribution in [3.05, 3.63) is 46.9 Å². The van der Waals surface area contributed by atoms with Gasteiger partial charge in [-0.3, -0.25) is 24.5 Å². The molecule has 1 amide bonds. The number of nitro benzene ring substituents is 1. The molecule has 4 rings (SSSR count). The number of aromatic nitrogens is 4. The third kappa shape index (κ3) is 3.66. The van der Waals surface area contributed by atoms with Crippen molar-refractivity contribution in [3.63, 3.8) is 0 Å². The third-order valence-corrected chi connectivity index (χ3v) is 5.41. The number of piperazine rings is 1. The van der Waals surface area contributed by atoms with E-state index in [1.807, 2.05) is 14.0 Å². The van der Waals surface area contributed by atoms with E-state index in [9.17, 15) is 14.9 Å². The molecule has 1 aliphatic rings. The van der Waals surface area contributed by atoms with E-state index in [-0.39, 0.29) is 17.3 Å². The highest BCUT2D eigenvalue weighted by atomic mass is 16.6. The fraction of sp³-hybridized carbons (Fsp3) is 0.368. The van der Waals surface area contributed by atoms with Crippen molar-refractivity contribution in [2.24, 2.45) is 7.05 Å². The number of carbonyl (C=O) groups excluding carboxylic acids is 1. The average Bonchev–Trinajstić information content (AvgIpc) is 3.14. The van der Waals surface area contributed by atoms with Crippen LogP contribution in [0.2, 0.25) is 0 Å². The van der Waals surface area contributed by atoms with Gasteiger partial charge in [0.25, 0.3) is 5.69 Å². The lowest BCUT2D eigenvalue weighted by atomic mass is 10.2. The molecule has 3 heterocycles. The lowest BCUT2D eigenvalue weighted by molar-refractivity contribution is -0.383. The van der Waals surface area contributed by atoms with E-state index in [1.54, 1.807) is 23.0 Å². The van der Waals surface area contributed by atoms with Crippen molar-refractivity contribution in [2.75, 3.05) is 36.4 Å². The highest BCUT2D eigenvalue weighted by molar-refractivity contribution is 5.96. The molecule has 156 valence electrons. The molecule has 1 aromatic carbocycles. The molecule has 11 heteroatoms. The van der Waals surface area contributed by atoms with E-state index in [0.29, 0.717) is 26.2 Å². The number of amides is 1. The number of aryl methyl sites for hydroxylation is 1. The van der Waals surface area contributed by atoms with Crippen LogP contribution in [0.3, 0.4) is 0 Å². The molecule has 0 bridgehead atoms. The summed E-state index contributed by atoms with van der Waals surface area (Å²) in [6.07, 6.45) is 3.30. The summed E-state index contributed by atoms with van der Waals surface area (Å²) in [5.74, 6) is 0.569. The zero-order chi connectivity index (χ0) is 21.3. The fourth-order valence-corrected chi connectivity index (χ4v) is 3.66. The SMILES string of the molecule is CC(C(=O)Nc1ccccc1[N+](=O)[O-])N1CCN(c2ncnc3c2cnn3C)CC1. The molecule has 3 aromatic rings. The van der Waals surface area contributed by atoms with E-state index in [2.05, 4.69) is 30.2 Å². The van der Waals surface area contributed by atoms with Crippen LogP contribution in [-0.2, 0) is 11.8 Å². The number of nitrogens with one attached hydrogen (secondary N) is 1. The summed E-state index contributed by atoms with van der Waals surface area (Å²) in [4.78, 5) is 36.3. The molecule has 0 spiro atoms.